The van der Waals surface area contributed by atoms with E-state index in [0.717, 1.165) is 27.9 Å². The van der Waals surface area contributed by atoms with Gasteiger partial charge in [0.05, 0.1) is 5.69 Å². The van der Waals surface area contributed by atoms with Gasteiger partial charge in [-0.3, -0.25) is 4.98 Å². The summed E-state index contributed by atoms with van der Waals surface area (Å²) < 4.78 is 0. The van der Waals surface area contributed by atoms with Gasteiger partial charge >= 0.3 is 0 Å². The van der Waals surface area contributed by atoms with Crippen LogP contribution in [0.2, 0.25) is 0 Å². The molecule has 0 atom stereocenters. The van der Waals surface area contributed by atoms with Crippen molar-refractivity contribution in [3.05, 3.63) is 48.5 Å². The first-order valence-electron chi connectivity index (χ1n) is 6.79. The Bertz CT molecular complexity index is 788. The summed E-state index contributed by atoms with van der Waals surface area (Å²) in [7, 11) is 0. The quantitative estimate of drug-likeness (QED) is 0.770. The Morgan fingerprint density at radius 1 is 1.10 bits per heavy atom. The smallest absolute Gasteiger partial charge is 0.134 e. The van der Waals surface area contributed by atoms with Crippen LogP contribution in [0, 0.1) is 0 Å². The van der Waals surface area contributed by atoms with Gasteiger partial charge in [0.25, 0.3) is 0 Å². The highest BCUT2D eigenvalue weighted by atomic mass is 15.0. The Morgan fingerprint density at radius 3 is 2.85 bits per heavy atom. The maximum Gasteiger partial charge on any atom is 0.134 e. The molecule has 0 amide bonds. The number of fused-ring (bicyclic) bond motifs is 1. The van der Waals surface area contributed by atoms with E-state index in [2.05, 4.69) is 22.1 Å². The molecule has 1 aliphatic carbocycles. The summed E-state index contributed by atoms with van der Waals surface area (Å²) in [5, 5.41) is 2.25. The second kappa shape index (κ2) is 4.27. The zero-order valence-corrected chi connectivity index (χ0v) is 11.0. The fourth-order valence-electron chi connectivity index (χ4n) is 2.49. The summed E-state index contributed by atoms with van der Waals surface area (Å²) >= 11 is 0. The standard InChI is InChI=1S/C16H14N4/c17-15-8-14(19-16(20-15)10-4-5-10)13-3-1-2-11-9-18-7-6-12(11)13/h1-3,6-10H,4-5H2,(H2,17,19,20). The number of pyridine rings is 1. The van der Waals surface area contributed by atoms with Crippen molar-refractivity contribution in [1.82, 2.24) is 15.0 Å². The SMILES string of the molecule is Nc1cc(-c2cccc3cnccc23)nc(C2CC2)n1. The van der Waals surface area contributed by atoms with Crippen molar-refractivity contribution in [2.45, 2.75) is 18.8 Å². The van der Waals surface area contributed by atoms with E-state index in [1.165, 1.54) is 12.8 Å². The van der Waals surface area contributed by atoms with Gasteiger partial charge in [0.2, 0.25) is 0 Å². The second-order valence-corrected chi connectivity index (χ2v) is 5.21. The van der Waals surface area contributed by atoms with Gasteiger partial charge in [0.15, 0.2) is 0 Å². The van der Waals surface area contributed by atoms with Crippen LogP contribution in [0.3, 0.4) is 0 Å². The number of benzene rings is 1. The van der Waals surface area contributed by atoms with E-state index >= 15 is 0 Å². The van der Waals surface area contributed by atoms with Crippen molar-refractivity contribution in [1.29, 1.82) is 0 Å². The van der Waals surface area contributed by atoms with Crippen LogP contribution in [-0.4, -0.2) is 15.0 Å². The summed E-state index contributed by atoms with van der Waals surface area (Å²) in [6.07, 6.45) is 6.01. The molecule has 0 bridgehead atoms. The van der Waals surface area contributed by atoms with Crippen molar-refractivity contribution in [2.75, 3.05) is 5.73 Å². The van der Waals surface area contributed by atoms with Crippen LogP contribution < -0.4 is 5.73 Å². The molecule has 4 nitrogen and oxygen atoms in total. The van der Waals surface area contributed by atoms with Crippen molar-refractivity contribution in [3.8, 4) is 11.3 Å². The number of rotatable bonds is 2. The minimum absolute atomic E-state index is 0.494. The minimum atomic E-state index is 0.494. The van der Waals surface area contributed by atoms with E-state index in [4.69, 9.17) is 10.7 Å². The van der Waals surface area contributed by atoms with Crippen molar-refractivity contribution < 1.29 is 0 Å². The largest absolute Gasteiger partial charge is 0.384 e. The Labute approximate surface area is 116 Å². The molecule has 4 rings (SSSR count). The van der Waals surface area contributed by atoms with Gasteiger partial charge in [-0.05, 0) is 24.3 Å². The maximum absolute atomic E-state index is 5.94. The van der Waals surface area contributed by atoms with E-state index in [-0.39, 0.29) is 0 Å². The highest BCUT2D eigenvalue weighted by Crippen LogP contribution is 2.39. The normalized spacial score (nSPS) is 14.6. The molecule has 1 aromatic carbocycles. The lowest BCUT2D eigenvalue weighted by molar-refractivity contribution is 0.936. The number of aromatic nitrogens is 3. The summed E-state index contributed by atoms with van der Waals surface area (Å²) in [6.45, 7) is 0. The van der Waals surface area contributed by atoms with Crippen LogP contribution in [0.25, 0.3) is 22.0 Å². The molecular formula is C16H14N4. The van der Waals surface area contributed by atoms with Gasteiger partial charge in [-0.1, -0.05) is 18.2 Å². The molecule has 3 aromatic rings. The highest BCUT2D eigenvalue weighted by molar-refractivity contribution is 5.95. The average Bonchev–Trinajstić information content (AvgIpc) is 3.30. The van der Waals surface area contributed by atoms with Crippen LogP contribution in [0.4, 0.5) is 5.82 Å². The fraction of sp³-hybridized carbons (Fsp3) is 0.188. The van der Waals surface area contributed by atoms with Crippen molar-refractivity contribution in [2.24, 2.45) is 0 Å². The molecule has 4 heteroatoms. The molecule has 1 fully saturated rings. The topological polar surface area (TPSA) is 64.7 Å². The molecule has 98 valence electrons. The van der Waals surface area contributed by atoms with Gasteiger partial charge in [-0.25, -0.2) is 9.97 Å². The van der Waals surface area contributed by atoms with Gasteiger partial charge in [0, 0.05) is 35.3 Å². The summed E-state index contributed by atoms with van der Waals surface area (Å²) in [6, 6.07) is 10.0. The molecule has 2 N–H and O–H groups in total. The average molecular weight is 262 g/mol. The highest BCUT2D eigenvalue weighted by Gasteiger charge is 2.27. The van der Waals surface area contributed by atoms with Crippen LogP contribution >= 0.6 is 0 Å². The molecule has 0 radical (unpaired) electrons. The van der Waals surface area contributed by atoms with E-state index in [9.17, 15) is 0 Å². The fourth-order valence-corrected chi connectivity index (χ4v) is 2.49. The Balaban J connectivity index is 1.94. The first-order chi connectivity index (χ1) is 9.81. The molecule has 0 saturated heterocycles. The third-order valence-corrected chi connectivity index (χ3v) is 3.66. The third-order valence-electron chi connectivity index (χ3n) is 3.66. The van der Waals surface area contributed by atoms with E-state index in [1.807, 2.05) is 24.4 Å². The molecule has 2 aromatic heterocycles. The molecular weight excluding hydrogens is 248 g/mol. The predicted molar refractivity (Wildman–Crippen MR) is 79.2 cm³/mol. The number of anilines is 1. The number of hydrogen-bond acceptors (Lipinski definition) is 4. The summed E-state index contributed by atoms with van der Waals surface area (Å²) in [5.74, 6) is 1.92. The molecule has 2 heterocycles. The minimum Gasteiger partial charge on any atom is -0.384 e. The molecule has 1 saturated carbocycles. The van der Waals surface area contributed by atoms with Crippen LogP contribution in [0.15, 0.2) is 42.7 Å². The monoisotopic (exact) mass is 262 g/mol. The Kier molecular flexibility index (Phi) is 2.42. The van der Waals surface area contributed by atoms with Gasteiger partial charge in [-0.2, -0.15) is 0 Å². The van der Waals surface area contributed by atoms with Crippen molar-refractivity contribution >= 4 is 16.6 Å². The van der Waals surface area contributed by atoms with E-state index < -0.39 is 0 Å². The van der Waals surface area contributed by atoms with Crippen LogP contribution in [-0.2, 0) is 0 Å². The first kappa shape index (κ1) is 11.3. The molecule has 20 heavy (non-hydrogen) atoms. The van der Waals surface area contributed by atoms with Crippen LogP contribution in [0.1, 0.15) is 24.6 Å². The van der Waals surface area contributed by atoms with Crippen LogP contribution in [0.5, 0.6) is 0 Å². The molecule has 0 unspecified atom stereocenters. The Morgan fingerprint density at radius 2 is 2.00 bits per heavy atom. The number of nitrogen functional groups attached to an aromatic ring is 1. The van der Waals surface area contributed by atoms with Gasteiger partial charge in [0.1, 0.15) is 11.6 Å². The lowest BCUT2D eigenvalue weighted by atomic mass is 10.0. The molecule has 1 aliphatic rings. The molecule has 0 aliphatic heterocycles. The first-order valence-corrected chi connectivity index (χ1v) is 6.79. The summed E-state index contributed by atoms with van der Waals surface area (Å²) in [4.78, 5) is 13.2. The zero-order chi connectivity index (χ0) is 13.5. The van der Waals surface area contributed by atoms with Gasteiger partial charge in [-0.15, -0.1) is 0 Å². The second-order valence-electron chi connectivity index (χ2n) is 5.21. The van der Waals surface area contributed by atoms with Crippen molar-refractivity contribution in [3.63, 3.8) is 0 Å². The maximum atomic E-state index is 5.94. The molecule has 0 spiro atoms. The summed E-state index contributed by atoms with van der Waals surface area (Å²) in [5.41, 5.74) is 7.93. The third kappa shape index (κ3) is 1.90. The van der Waals surface area contributed by atoms with E-state index in [0.29, 0.717) is 11.7 Å². The predicted octanol–water partition coefficient (Wildman–Crippen LogP) is 3.15. The Hall–Kier alpha value is -2.49. The number of nitrogens with zero attached hydrogens (tertiary/aromatic N) is 3. The lowest BCUT2D eigenvalue weighted by Crippen LogP contribution is -2.00. The van der Waals surface area contributed by atoms with E-state index in [1.54, 1.807) is 6.20 Å². The number of nitrogens with two attached hydrogens (primary N) is 1. The zero-order valence-electron chi connectivity index (χ0n) is 11.0. The number of hydrogen-bond donors (Lipinski definition) is 1. The van der Waals surface area contributed by atoms with Gasteiger partial charge < -0.3 is 5.73 Å². The lowest BCUT2D eigenvalue weighted by Gasteiger charge is -2.08.